The van der Waals surface area contributed by atoms with E-state index in [-0.39, 0.29) is 5.82 Å². The molecule has 3 aromatic rings. The number of nitrogens with one attached hydrogen (secondary N) is 1. The molecule has 0 aliphatic rings. The number of halogens is 1. The lowest BCUT2D eigenvalue weighted by molar-refractivity contribution is 0.363. The van der Waals surface area contributed by atoms with E-state index in [2.05, 4.69) is 21.9 Å². The molecule has 0 saturated heterocycles. The highest BCUT2D eigenvalue weighted by atomic mass is 32.1. The van der Waals surface area contributed by atoms with Gasteiger partial charge in [0.05, 0.1) is 6.21 Å². The smallest absolute Gasteiger partial charge is 0.216 e. The Morgan fingerprint density at radius 3 is 2.85 bits per heavy atom. The quantitative estimate of drug-likeness (QED) is 0.388. The molecule has 1 aromatic heterocycles. The van der Waals surface area contributed by atoms with Gasteiger partial charge in [0.2, 0.25) is 4.77 Å². The average molecular weight is 368 g/mol. The fourth-order valence-electron chi connectivity index (χ4n) is 2.31. The zero-order valence-corrected chi connectivity index (χ0v) is 14.7. The Morgan fingerprint density at radius 2 is 2.08 bits per heavy atom. The van der Waals surface area contributed by atoms with Crippen LogP contribution < -0.4 is 4.74 Å². The summed E-state index contributed by atoms with van der Waals surface area (Å²) in [6.45, 7) is 4.07. The molecule has 0 spiro atoms. The van der Waals surface area contributed by atoms with E-state index < -0.39 is 0 Å². The summed E-state index contributed by atoms with van der Waals surface area (Å²) in [7, 11) is 0. The Morgan fingerprint density at radius 1 is 1.27 bits per heavy atom. The molecule has 26 heavy (non-hydrogen) atoms. The number of aromatic amines is 1. The van der Waals surface area contributed by atoms with E-state index >= 15 is 0 Å². The summed E-state index contributed by atoms with van der Waals surface area (Å²) in [6.07, 6.45) is 3.85. The predicted octanol–water partition coefficient (Wildman–Crippen LogP) is 4.12. The van der Waals surface area contributed by atoms with Crippen molar-refractivity contribution >= 4 is 18.4 Å². The van der Waals surface area contributed by atoms with E-state index in [4.69, 9.17) is 17.0 Å². The molecule has 0 aliphatic heterocycles. The molecule has 0 fully saturated rings. The molecule has 0 saturated carbocycles. The third kappa shape index (κ3) is 4.52. The minimum absolute atomic E-state index is 0.274. The zero-order chi connectivity index (χ0) is 18.4. The highest BCUT2D eigenvalue weighted by Gasteiger charge is 2.06. The van der Waals surface area contributed by atoms with Crippen molar-refractivity contribution in [2.45, 2.75) is 6.42 Å². The number of hydrogen-bond acceptors (Lipinski definition) is 4. The summed E-state index contributed by atoms with van der Waals surface area (Å²) in [5.41, 5.74) is 1.78. The lowest BCUT2D eigenvalue weighted by Gasteiger charge is -2.04. The fraction of sp³-hybridized carbons (Fsp3) is 0.105. The number of ether oxygens (including phenoxy) is 1. The van der Waals surface area contributed by atoms with Gasteiger partial charge in [-0.15, -0.1) is 0 Å². The van der Waals surface area contributed by atoms with Gasteiger partial charge in [0.15, 0.2) is 5.82 Å². The van der Waals surface area contributed by atoms with Crippen molar-refractivity contribution in [2.75, 3.05) is 6.61 Å². The third-order valence-corrected chi connectivity index (χ3v) is 3.81. The second-order valence-electron chi connectivity index (χ2n) is 5.48. The highest BCUT2D eigenvalue weighted by Crippen LogP contribution is 2.13. The monoisotopic (exact) mass is 368 g/mol. The number of aromatic nitrogens is 3. The van der Waals surface area contributed by atoms with Crippen LogP contribution in [0.15, 0.2) is 66.3 Å². The van der Waals surface area contributed by atoms with Crippen molar-refractivity contribution in [2.24, 2.45) is 5.10 Å². The molecule has 0 atom stereocenters. The van der Waals surface area contributed by atoms with Gasteiger partial charge in [0.1, 0.15) is 18.2 Å². The normalized spacial score (nSPS) is 11.0. The zero-order valence-electron chi connectivity index (χ0n) is 13.9. The highest BCUT2D eigenvalue weighted by molar-refractivity contribution is 7.71. The second-order valence-corrected chi connectivity index (χ2v) is 5.86. The molecule has 1 N–H and O–H groups in total. The van der Waals surface area contributed by atoms with E-state index in [9.17, 15) is 4.39 Å². The van der Waals surface area contributed by atoms with Gasteiger partial charge in [-0.2, -0.15) is 14.9 Å². The van der Waals surface area contributed by atoms with Gasteiger partial charge in [-0.1, -0.05) is 36.9 Å². The van der Waals surface area contributed by atoms with Crippen LogP contribution in [0.5, 0.6) is 5.75 Å². The molecule has 3 rings (SSSR count). The fourth-order valence-corrected chi connectivity index (χ4v) is 2.50. The van der Waals surface area contributed by atoms with Crippen molar-refractivity contribution in [3.8, 4) is 5.75 Å². The van der Waals surface area contributed by atoms with Crippen molar-refractivity contribution < 1.29 is 9.13 Å². The first-order valence-electron chi connectivity index (χ1n) is 7.94. The van der Waals surface area contributed by atoms with Crippen LogP contribution in [0.1, 0.15) is 17.0 Å². The van der Waals surface area contributed by atoms with Crippen LogP contribution in [-0.4, -0.2) is 27.7 Å². The average Bonchev–Trinajstić information content (AvgIpc) is 3.00. The van der Waals surface area contributed by atoms with E-state index in [1.165, 1.54) is 12.1 Å². The maximum Gasteiger partial charge on any atom is 0.216 e. The molecular formula is C19H17FN4OS. The van der Waals surface area contributed by atoms with Crippen molar-refractivity contribution in [1.29, 1.82) is 0 Å². The SMILES string of the molecule is C=CCOc1cccc(/C=N\n2c(Cc3ccc(F)cc3)n[nH]c2=S)c1. The first-order chi connectivity index (χ1) is 12.7. The van der Waals surface area contributed by atoms with Gasteiger partial charge in [-0.3, -0.25) is 5.10 Å². The Kier molecular flexibility index (Phi) is 5.70. The lowest BCUT2D eigenvalue weighted by Crippen LogP contribution is -2.01. The van der Waals surface area contributed by atoms with Crippen LogP contribution in [0.3, 0.4) is 0 Å². The Balaban J connectivity index is 1.80. The van der Waals surface area contributed by atoms with Crippen molar-refractivity contribution in [3.63, 3.8) is 0 Å². The molecule has 0 bridgehead atoms. The Labute approximate surface area is 155 Å². The van der Waals surface area contributed by atoms with Crippen LogP contribution in [-0.2, 0) is 6.42 Å². The molecule has 5 nitrogen and oxygen atoms in total. The van der Waals surface area contributed by atoms with E-state index in [0.717, 1.165) is 16.9 Å². The first kappa shape index (κ1) is 17.8. The maximum atomic E-state index is 13.0. The summed E-state index contributed by atoms with van der Waals surface area (Å²) in [6, 6.07) is 13.8. The number of rotatable bonds is 7. The van der Waals surface area contributed by atoms with Crippen LogP contribution in [0.4, 0.5) is 4.39 Å². The van der Waals surface area contributed by atoms with Crippen molar-refractivity contribution in [1.82, 2.24) is 14.9 Å². The van der Waals surface area contributed by atoms with Crippen LogP contribution >= 0.6 is 12.2 Å². The molecule has 0 aliphatic carbocycles. The van der Waals surface area contributed by atoms with Gasteiger partial charge >= 0.3 is 0 Å². The number of hydrogen-bond donors (Lipinski definition) is 1. The molecule has 0 radical (unpaired) electrons. The van der Waals surface area contributed by atoms with Gasteiger partial charge in [0, 0.05) is 6.42 Å². The van der Waals surface area contributed by atoms with Gasteiger partial charge in [0.25, 0.3) is 0 Å². The number of H-pyrrole nitrogens is 1. The van der Waals surface area contributed by atoms with E-state index in [0.29, 0.717) is 23.6 Å². The van der Waals surface area contributed by atoms with Gasteiger partial charge in [-0.05, 0) is 47.6 Å². The lowest BCUT2D eigenvalue weighted by atomic mass is 10.1. The molecule has 132 valence electrons. The summed E-state index contributed by atoms with van der Waals surface area (Å²) < 4.78 is 20.5. The molecule has 0 amide bonds. The molecule has 7 heteroatoms. The van der Waals surface area contributed by atoms with Crippen LogP contribution in [0.2, 0.25) is 0 Å². The number of nitrogens with zero attached hydrogens (tertiary/aromatic N) is 3. The van der Waals surface area contributed by atoms with Crippen LogP contribution in [0.25, 0.3) is 0 Å². The third-order valence-electron chi connectivity index (χ3n) is 3.54. The van der Waals surface area contributed by atoms with Gasteiger partial charge in [-0.25, -0.2) is 4.39 Å². The Hall–Kier alpha value is -3.06. The standard InChI is InChI=1S/C19H17FN4OS/c1-2-10-25-17-5-3-4-15(11-17)13-21-24-18(22-23-19(24)26)12-14-6-8-16(20)9-7-14/h2-9,11,13H,1,10,12H2,(H,23,26)/b21-13-. The Bertz CT molecular complexity index is 976. The first-order valence-corrected chi connectivity index (χ1v) is 8.35. The topological polar surface area (TPSA) is 55.2 Å². The van der Waals surface area contributed by atoms with E-state index in [1.54, 1.807) is 29.1 Å². The molecule has 1 heterocycles. The van der Waals surface area contributed by atoms with Gasteiger partial charge < -0.3 is 4.74 Å². The number of benzene rings is 2. The minimum Gasteiger partial charge on any atom is -0.490 e. The van der Waals surface area contributed by atoms with E-state index in [1.807, 2.05) is 24.3 Å². The summed E-state index contributed by atoms with van der Waals surface area (Å²) in [4.78, 5) is 0. The minimum atomic E-state index is -0.274. The molecular weight excluding hydrogens is 351 g/mol. The van der Waals surface area contributed by atoms with Crippen molar-refractivity contribution in [3.05, 3.63) is 88.7 Å². The van der Waals surface area contributed by atoms with Crippen LogP contribution in [0, 0.1) is 10.6 Å². The second kappa shape index (κ2) is 8.35. The largest absolute Gasteiger partial charge is 0.490 e. The summed E-state index contributed by atoms with van der Waals surface area (Å²) >= 11 is 5.24. The maximum absolute atomic E-state index is 13.0. The summed E-state index contributed by atoms with van der Waals surface area (Å²) in [5.74, 6) is 1.09. The molecule has 0 unspecified atom stereocenters. The molecule has 2 aromatic carbocycles. The summed E-state index contributed by atoms with van der Waals surface area (Å²) in [5, 5.41) is 11.4. The predicted molar refractivity (Wildman–Crippen MR) is 102 cm³/mol.